The van der Waals surface area contributed by atoms with Crippen LogP contribution in [0.3, 0.4) is 0 Å². The van der Waals surface area contributed by atoms with E-state index in [1.54, 1.807) is 4.90 Å². The van der Waals surface area contributed by atoms with Gasteiger partial charge in [0.05, 0.1) is 25.9 Å². The molecule has 22 heavy (non-hydrogen) atoms. The van der Waals surface area contributed by atoms with Gasteiger partial charge < -0.3 is 19.6 Å². The molecule has 1 aliphatic rings. The lowest BCUT2D eigenvalue weighted by atomic mass is 10.1. The predicted octanol–water partition coefficient (Wildman–Crippen LogP) is 1.76. The Kier molecular flexibility index (Phi) is 6.21. The average Bonchev–Trinajstić information content (AvgIpc) is 2.59. The number of carbonyl (C=O) groups excluding carboxylic acids is 1. The maximum Gasteiger partial charge on any atom is 0.254 e. The standard InChI is InChI=1S/C17H26N2O3/c1-3-4-9-18(2)15-7-5-14(6-8-15)17(21)19-10-11-22-13-16(19)12-20/h5-8,16,20H,3-4,9-13H2,1-2H3. The number of aliphatic hydroxyl groups excluding tert-OH is 1. The number of unbranched alkanes of at least 4 members (excludes halogenated alkanes) is 1. The second kappa shape index (κ2) is 8.15. The molecule has 0 saturated carbocycles. The highest BCUT2D eigenvalue weighted by atomic mass is 16.5. The van der Waals surface area contributed by atoms with Gasteiger partial charge in [0, 0.05) is 31.4 Å². The van der Waals surface area contributed by atoms with E-state index in [9.17, 15) is 9.90 Å². The normalized spacial score (nSPS) is 18.3. The Morgan fingerprint density at radius 3 is 2.77 bits per heavy atom. The maximum absolute atomic E-state index is 12.6. The first-order valence-corrected chi connectivity index (χ1v) is 7.98. The van der Waals surface area contributed by atoms with E-state index >= 15 is 0 Å². The number of benzene rings is 1. The molecule has 0 spiro atoms. The molecule has 0 radical (unpaired) electrons. The Balaban J connectivity index is 2.04. The second-order valence-electron chi connectivity index (χ2n) is 5.73. The van der Waals surface area contributed by atoms with Crippen LogP contribution in [0.4, 0.5) is 5.69 Å². The molecule has 1 amide bonds. The van der Waals surface area contributed by atoms with E-state index in [-0.39, 0.29) is 18.6 Å². The summed E-state index contributed by atoms with van der Waals surface area (Å²) in [6.45, 7) is 4.58. The van der Waals surface area contributed by atoms with Gasteiger partial charge in [0.15, 0.2) is 0 Å². The molecule has 2 rings (SSSR count). The SMILES string of the molecule is CCCCN(C)c1ccc(C(=O)N2CCOCC2CO)cc1. The highest BCUT2D eigenvalue weighted by Crippen LogP contribution is 2.17. The molecule has 1 fully saturated rings. The first kappa shape index (κ1) is 16.8. The summed E-state index contributed by atoms with van der Waals surface area (Å²) in [5, 5.41) is 9.38. The predicted molar refractivity (Wildman–Crippen MR) is 87.3 cm³/mol. The number of morpholine rings is 1. The number of anilines is 1. The summed E-state index contributed by atoms with van der Waals surface area (Å²) >= 11 is 0. The fraction of sp³-hybridized carbons (Fsp3) is 0.588. The van der Waals surface area contributed by atoms with Gasteiger partial charge in [0.2, 0.25) is 0 Å². The summed E-state index contributed by atoms with van der Waals surface area (Å²) in [5.41, 5.74) is 1.78. The van der Waals surface area contributed by atoms with Crippen LogP contribution in [-0.2, 0) is 4.74 Å². The number of rotatable bonds is 6. The van der Waals surface area contributed by atoms with E-state index < -0.39 is 0 Å². The fourth-order valence-corrected chi connectivity index (χ4v) is 2.62. The van der Waals surface area contributed by atoms with Crippen molar-refractivity contribution in [2.45, 2.75) is 25.8 Å². The molecule has 122 valence electrons. The molecule has 1 aromatic rings. The summed E-state index contributed by atoms with van der Waals surface area (Å²) in [4.78, 5) is 16.5. The summed E-state index contributed by atoms with van der Waals surface area (Å²) in [7, 11) is 2.07. The molecule has 1 N–H and O–H groups in total. The zero-order valence-electron chi connectivity index (χ0n) is 13.5. The average molecular weight is 306 g/mol. The van der Waals surface area contributed by atoms with Crippen LogP contribution < -0.4 is 4.90 Å². The van der Waals surface area contributed by atoms with Crippen molar-refractivity contribution in [3.63, 3.8) is 0 Å². The topological polar surface area (TPSA) is 53.0 Å². The molecule has 5 heteroatoms. The summed E-state index contributed by atoms with van der Waals surface area (Å²) in [5.74, 6) is -0.0369. The van der Waals surface area contributed by atoms with Crippen LogP contribution >= 0.6 is 0 Å². The lowest BCUT2D eigenvalue weighted by Crippen LogP contribution is -2.50. The van der Waals surface area contributed by atoms with E-state index in [1.165, 1.54) is 6.42 Å². The van der Waals surface area contributed by atoms with Crippen LogP contribution in [0.2, 0.25) is 0 Å². The van der Waals surface area contributed by atoms with Crippen LogP contribution in [-0.4, -0.2) is 61.9 Å². The van der Waals surface area contributed by atoms with Gasteiger partial charge in [-0.15, -0.1) is 0 Å². The van der Waals surface area contributed by atoms with Gasteiger partial charge in [-0.25, -0.2) is 0 Å². The van der Waals surface area contributed by atoms with Crippen LogP contribution in [0.5, 0.6) is 0 Å². The monoisotopic (exact) mass is 306 g/mol. The van der Waals surface area contributed by atoms with E-state index in [1.807, 2.05) is 24.3 Å². The van der Waals surface area contributed by atoms with Crippen molar-refractivity contribution in [2.24, 2.45) is 0 Å². The second-order valence-corrected chi connectivity index (χ2v) is 5.73. The molecule has 0 bridgehead atoms. The number of nitrogens with zero attached hydrogens (tertiary/aromatic N) is 2. The molecule has 1 aliphatic heterocycles. The molecule has 1 unspecified atom stereocenters. The van der Waals surface area contributed by atoms with E-state index in [2.05, 4.69) is 18.9 Å². The number of aliphatic hydroxyl groups is 1. The summed E-state index contributed by atoms with van der Waals surface area (Å²) < 4.78 is 5.32. The zero-order valence-corrected chi connectivity index (χ0v) is 13.5. The van der Waals surface area contributed by atoms with Gasteiger partial charge in [0.1, 0.15) is 0 Å². The van der Waals surface area contributed by atoms with Crippen molar-refractivity contribution >= 4 is 11.6 Å². The van der Waals surface area contributed by atoms with Crippen molar-refractivity contribution in [1.29, 1.82) is 0 Å². The number of amides is 1. The highest BCUT2D eigenvalue weighted by Gasteiger charge is 2.27. The van der Waals surface area contributed by atoms with Crippen LogP contribution in [0, 0.1) is 0 Å². The van der Waals surface area contributed by atoms with Crippen molar-refractivity contribution < 1.29 is 14.6 Å². The quantitative estimate of drug-likeness (QED) is 0.870. The van der Waals surface area contributed by atoms with E-state index in [0.29, 0.717) is 25.3 Å². The van der Waals surface area contributed by atoms with Crippen molar-refractivity contribution in [3.05, 3.63) is 29.8 Å². The van der Waals surface area contributed by atoms with E-state index in [0.717, 1.165) is 18.7 Å². The zero-order chi connectivity index (χ0) is 15.9. The minimum Gasteiger partial charge on any atom is -0.394 e. The Bertz CT molecular complexity index is 475. The number of hydrogen-bond acceptors (Lipinski definition) is 4. The first-order valence-electron chi connectivity index (χ1n) is 7.98. The maximum atomic E-state index is 12.6. The van der Waals surface area contributed by atoms with Gasteiger partial charge in [-0.1, -0.05) is 13.3 Å². The minimum absolute atomic E-state index is 0.0369. The van der Waals surface area contributed by atoms with Gasteiger partial charge in [-0.2, -0.15) is 0 Å². The van der Waals surface area contributed by atoms with Crippen LogP contribution in [0.25, 0.3) is 0 Å². The summed E-state index contributed by atoms with van der Waals surface area (Å²) in [6, 6.07) is 7.45. The Morgan fingerprint density at radius 2 is 2.14 bits per heavy atom. The van der Waals surface area contributed by atoms with Gasteiger partial charge in [0.25, 0.3) is 5.91 Å². The molecule has 1 saturated heterocycles. The molecule has 1 aromatic carbocycles. The minimum atomic E-state index is -0.242. The molecule has 0 aliphatic carbocycles. The Labute approximate surface area is 132 Å². The Hall–Kier alpha value is -1.59. The summed E-state index contributed by atoms with van der Waals surface area (Å²) in [6.07, 6.45) is 2.32. The van der Waals surface area contributed by atoms with Gasteiger partial charge in [-0.3, -0.25) is 4.79 Å². The fourth-order valence-electron chi connectivity index (χ4n) is 2.62. The third-order valence-electron chi connectivity index (χ3n) is 4.10. The first-order chi connectivity index (χ1) is 10.7. The van der Waals surface area contributed by atoms with Gasteiger partial charge in [-0.05, 0) is 30.7 Å². The molecular formula is C17H26N2O3. The molecule has 0 aromatic heterocycles. The van der Waals surface area contributed by atoms with Crippen molar-refractivity contribution in [2.75, 3.05) is 44.9 Å². The molecular weight excluding hydrogens is 280 g/mol. The van der Waals surface area contributed by atoms with Crippen LogP contribution in [0.15, 0.2) is 24.3 Å². The number of carbonyl (C=O) groups is 1. The highest BCUT2D eigenvalue weighted by molar-refractivity contribution is 5.94. The van der Waals surface area contributed by atoms with E-state index in [4.69, 9.17) is 4.74 Å². The smallest absolute Gasteiger partial charge is 0.254 e. The van der Waals surface area contributed by atoms with Crippen molar-refractivity contribution in [3.8, 4) is 0 Å². The lowest BCUT2D eigenvalue weighted by Gasteiger charge is -2.34. The third-order valence-corrected chi connectivity index (χ3v) is 4.10. The molecule has 1 atom stereocenters. The largest absolute Gasteiger partial charge is 0.394 e. The number of hydrogen-bond donors (Lipinski definition) is 1. The van der Waals surface area contributed by atoms with Crippen LogP contribution in [0.1, 0.15) is 30.1 Å². The third kappa shape index (κ3) is 3.99. The number of ether oxygens (including phenoxy) is 1. The Morgan fingerprint density at radius 1 is 1.41 bits per heavy atom. The lowest BCUT2D eigenvalue weighted by molar-refractivity contribution is -0.0183. The van der Waals surface area contributed by atoms with Gasteiger partial charge >= 0.3 is 0 Å². The molecule has 1 heterocycles. The molecule has 5 nitrogen and oxygen atoms in total. The van der Waals surface area contributed by atoms with Crippen molar-refractivity contribution in [1.82, 2.24) is 4.90 Å².